The molecule has 0 bridgehead atoms. The van der Waals surface area contributed by atoms with Gasteiger partial charge in [0, 0.05) is 0 Å². The first kappa shape index (κ1) is 13.3. The van der Waals surface area contributed by atoms with Gasteiger partial charge in [-0.15, -0.1) is 0 Å². The van der Waals surface area contributed by atoms with Crippen molar-refractivity contribution in [2.75, 3.05) is 39.5 Å². The molecule has 1 aliphatic heterocycles. The van der Waals surface area contributed by atoms with Gasteiger partial charge in [0.05, 0.1) is 13.2 Å². The zero-order valence-electron chi connectivity index (χ0n) is 10.9. The van der Waals surface area contributed by atoms with Gasteiger partial charge in [-0.05, 0) is 19.1 Å². The summed E-state index contributed by atoms with van der Waals surface area (Å²) in [5.41, 5.74) is 1.21. The number of aliphatic hydroxyl groups excluding tert-OH is 1. The minimum Gasteiger partial charge on any atom is -0.491 e. The van der Waals surface area contributed by atoms with Gasteiger partial charge in [0.1, 0.15) is 38.1 Å². The molecule has 0 spiro atoms. The van der Waals surface area contributed by atoms with Crippen molar-refractivity contribution >= 4 is 0 Å². The third kappa shape index (κ3) is 4.29. The second-order valence-electron chi connectivity index (χ2n) is 4.84. The molecule has 0 aliphatic carbocycles. The molecular formula is C14H22NO3+. The van der Waals surface area contributed by atoms with Crippen LogP contribution in [0, 0.1) is 6.92 Å². The number of nitrogens with one attached hydrogen (secondary N) is 1. The summed E-state index contributed by atoms with van der Waals surface area (Å²) >= 11 is 0. The molecule has 4 nitrogen and oxygen atoms in total. The van der Waals surface area contributed by atoms with Gasteiger partial charge in [0.15, 0.2) is 0 Å². The maximum Gasteiger partial charge on any atom is 0.137 e. The Morgan fingerprint density at radius 1 is 1.28 bits per heavy atom. The van der Waals surface area contributed by atoms with Gasteiger partial charge in [0.2, 0.25) is 0 Å². The summed E-state index contributed by atoms with van der Waals surface area (Å²) in [4.78, 5) is 1.39. The van der Waals surface area contributed by atoms with Gasteiger partial charge >= 0.3 is 0 Å². The van der Waals surface area contributed by atoms with Crippen molar-refractivity contribution in [3.63, 3.8) is 0 Å². The third-order valence-electron chi connectivity index (χ3n) is 3.19. The summed E-state index contributed by atoms with van der Waals surface area (Å²) in [5, 5.41) is 9.93. The predicted octanol–water partition coefficient (Wildman–Crippen LogP) is -0.350. The molecule has 0 saturated carbocycles. The lowest BCUT2D eigenvalue weighted by atomic mass is 10.2. The summed E-state index contributed by atoms with van der Waals surface area (Å²) in [6.07, 6.45) is -0.417. The standard InChI is InChI=1S/C14H21NO3/c1-12-2-4-14(5-3-12)18-11-13(16)10-15-6-8-17-9-7-15/h2-5,13,16H,6-11H2,1H3/p+1/t13-/m1/s1. The van der Waals surface area contributed by atoms with E-state index in [1.54, 1.807) is 0 Å². The summed E-state index contributed by atoms with van der Waals surface area (Å²) in [7, 11) is 0. The number of morpholine rings is 1. The van der Waals surface area contributed by atoms with E-state index in [9.17, 15) is 5.11 Å². The van der Waals surface area contributed by atoms with E-state index in [2.05, 4.69) is 0 Å². The summed E-state index contributed by atoms with van der Waals surface area (Å²) in [6, 6.07) is 7.89. The molecule has 1 fully saturated rings. The number of aryl methyl sites for hydroxylation is 1. The zero-order chi connectivity index (χ0) is 12.8. The number of aliphatic hydroxyl groups is 1. The molecule has 1 aromatic carbocycles. The predicted molar refractivity (Wildman–Crippen MR) is 69.1 cm³/mol. The van der Waals surface area contributed by atoms with Gasteiger partial charge < -0.3 is 19.5 Å². The molecule has 0 unspecified atom stereocenters. The van der Waals surface area contributed by atoms with E-state index >= 15 is 0 Å². The van der Waals surface area contributed by atoms with Gasteiger partial charge in [-0.1, -0.05) is 17.7 Å². The Bertz CT molecular complexity index is 347. The van der Waals surface area contributed by atoms with Crippen LogP contribution in [0.25, 0.3) is 0 Å². The minimum atomic E-state index is -0.417. The van der Waals surface area contributed by atoms with Crippen LogP contribution in [-0.2, 0) is 4.74 Å². The van der Waals surface area contributed by atoms with Crippen molar-refractivity contribution < 1.29 is 19.5 Å². The molecule has 1 aliphatic rings. The monoisotopic (exact) mass is 252 g/mol. The molecule has 1 aromatic rings. The fourth-order valence-electron chi connectivity index (χ4n) is 2.08. The average Bonchev–Trinajstić information content (AvgIpc) is 2.39. The lowest BCUT2D eigenvalue weighted by Gasteiger charge is -2.25. The second-order valence-corrected chi connectivity index (χ2v) is 4.84. The largest absolute Gasteiger partial charge is 0.491 e. The van der Waals surface area contributed by atoms with Crippen LogP contribution in [0.5, 0.6) is 5.75 Å². The second kappa shape index (κ2) is 6.73. The molecular weight excluding hydrogens is 230 g/mol. The van der Waals surface area contributed by atoms with Crippen LogP contribution in [0.3, 0.4) is 0 Å². The molecule has 100 valence electrons. The fourth-order valence-corrected chi connectivity index (χ4v) is 2.08. The molecule has 18 heavy (non-hydrogen) atoms. The number of benzene rings is 1. The van der Waals surface area contributed by atoms with Crippen LogP contribution >= 0.6 is 0 Å². The molecule has 2 N–H and O–H groups in total. The minimum absolute atomic E-state index is 0.355. The number of rotatable bonds is 5. The lowest BCUT2D eigenvalue weighted by molar-refractivity contribution is -0.911. The quantitative estimate of drug-likeness (QED) is 0.753. The molecule has 2 rings (SSSR count). The van der Waals surface area contributed by atoms with Crippen LogP contribution in [-0.4, -0.2) is 50.7 Å². The first-order valence-electron chi connectivity index (χ1n) is 6.53. The molecule has 0 aromatic heterocycles. The third-order valence-corrected chi connectivity index (χ3v) is 3.19. The van der Waals surface area contributed by atoms with Gasteiger partial charge in [-0.3, -0.25) is 0 Å². The number of quaternary nitrogens is 1. The molecule has 1 saturated heterocycles. The maximum atomic E-state index is 9.93. The Morgan fingerprint density at radius 2 is 1.94 bits per heavy atom. The van der Waals surface area contributed by atoms with Crippen molar-refractivity contribution in [3.8, 4) is 5.75 Å². The highest BCUT2D eigenvalue weighted by molar-refractivity contribution is 5.26. The van der Waals surface area contributed by atoms with Crippen molar-refractivity contribution in [1.82, 2.24) is 0 Å². The molecule has 4 heteroatoms. The first-order chi connectivity index (χ1) is 8.74. The SMILES string of the molecule is Cc1ccc(OC[C@H](O)C[NH+]2CCOCC2)cc1. The Labute approximate surface area is 108 Å². The van der Waals surface area contributed by atoms with Gasteiger partial charge in [0.25, 0.3) is 0 Å². The fraction of sp³-hybridized carbons (Fsp3) is 0.571. The summed E-state index contributed by atoms with van der Waals surface area (Å²) in [5.74, 6) is 0.816. The number of hydrogen-bond donors (Lipinski definition) is 2. The summed E-state index contributed by atoms with van der Waals surface area (Å²) < 4.78 is 10.9. The van der Waals surface area contributed by atoms with E-state index in [-0.39, 0.29) is 0 Å². The van der Waals surface area contributed by atoms with Gasteiger partial charge in [-0.25, -0.2) is 0 Å². The lowest BCUT2D eigenvalue weighted by Crippen LogP contribution is -3.15. The highest BCUT2D eigenvalue weighted by Gasteiger charge is 2.18. The Hall–Kier alpha value is -1.10. The maximum absolute atomic E-state index is 9.93. The number of ether oxygens (including phenoxy) is 2. The Balaban J connectivity index is 1.70. The van der Waals surface area contributed by atoms with Crippen LogP contribution in [0.2, 0.25) is 0 Å². The zero-order valence-corrected chi connectivity index (χ0v) is 10.9. The van der Waals surface area contributed by atoms with E-state index in [4.69, 9.17) is 9.47 Å². The van der Waals surface area contributed by atoms with Gasteiger partial charge in [-0.2, -0.15) is 0 Å². The Morgan fingerprint density at radius 3 is 2.61 bits per heavy atom. The van der Waals surface area contributed by atoms with E-state index in [1.165, 1.54) is 10.5 Å². The van der Waals surface area contributed by atoms with E-state index in [0.29, 0.717) is 6.61 Å². The van der Waals surface area contributed by atoms with Crippen molar-refractivity contribution in [2.24, 2.45) is 0 Å². The van der Waals surface area contributed by atoms with Crippen LogP contribution in [0.4, 0.5) is 0 Å². The topological polar surface area (TPSA) is 43.1 Å². The van der Waals surface area contributed by atoms with E-state index in [1.807, 2.05) is 31.2 Å². The van der Waals surface area contributed by atoms with Crippen molar-refractivity contribution in [1.29, 1.82) is 0 Å². The highest BCUT2D eigenvalue weighted by Crippen LogP contribution is 2.11. The normalized spacial score (nSPS) is 18.6. The molecule has 0 radical (unpaired) electrons. The van der Waals surface area contributed by atoms with Crippen molar-refractivity contribution in [2.45, 2.75) is 13.0 Å². The van der Waals surface area contributed by atoms with E-state index < -0.39 is 6.10 Å². The van der Waals surface area contributed by atoms with Crippen molar-refractivity contribution in [3.05, 3.63) is 29.8 Å². The average molecular weight is 252 g/mol. The number of hydrogen-bond acceptors (Lipinski definition) is 3. The smallest absolute Gasteiger partial charge is 0.137 e. The van der Waals surface area contributed by atoms with E-state index in [0.717, 1.165) is 38.6 Å². The summed E-state index contributed by atoms with van der Waals surface area (Å²) in [6.45, 7) is 6.66. The molecule has 0 amide bonds. The van der Waals surface area contributed by atoms with Crippen LogP contribution in [0.1, 0.15) is 5.56 Å². The molecule has 1 atom stereocenters. The Kier molecular flexibility index (Phi) is 4.99. The van der Waals surface area contributed by atoms with Crippen LogP contribution < -0.4 is 9.64 Å². The highest BCUT2D eigenvalue weighted by atomic mass is 16.5. The van der Waals surface area contributed by atoms with Crippen LogP contribution in [0.15, 0.2) is 24.3 Å². The first-order valence-corrected chi connectivity index (χ1v) is 6.53. The molecule has 1 heterocycles.